The van der Waals surface area contributed by atoms with Crippen LogP contribution in [0, 0.1) is 13.8 Å². The summed E-state index contributed by atoms with van der Waals surface area (Å²) in [5.74, 6) is 0.681. The third-order valence-electron chi connectivity index (χ3n) is 3.16. The van der Waals surface area contributed by atoms with Crippen LogP contribution < -0.4 is 4.74 Å². The van der Waals surface area contributed by atoms with Crippen LogP contribution in [0.3, 0.4) is 0 Å². The van der Waals surface area contributed by atoms with E-state index < -0.39 is 0 Å². The van der Waals surface area contributed by atoms with Gasteiger partial charge < -0.3 is 4.74 Å². The molecule has 0 saturated carbocycles. The lowest BCUT2D eigenvalue weighted by molar-refractivity contribution is 0.112. The highest BCUT2D eigenvalue weighted by Gasteiger charge is 2.15. The number of aryl methyl sites for hydroxylation is 2. The molecule has 0 aliphatic carbocycles. The third kappa shape index (κ3) is 1.90. The van der Waals surface area contributed by atoms with Gasteiger partial charge in [0.2, 0.25) is 0 Å². The molecule has 4 heteroatoms. The van der Waals surface area contributed by atoms with Crippen molar-refractivity contribution in [2.24, 2.45) is 7.05 Å². The molecule has 0 unspecified atom stereocenters. The van der Waals surface area contributed by atoms with Crippen LogP contribution in [-0.2, 0) is 7.05 Å². The molecule has 1 aromatic carbocycles. The predicted octanol–water partition coefficient (Wildman–Crippen LogP) is 2.53. The summed E-state index contributed by atoms with van der Waals surface area (Å²) in [5, 5.41) is 4.37. The van der Waals surface area contributed by atoms with E-state index in [0.29, 0.717) is 11.3 Å². The van der Waals surface area contributed by atoms with Gasteiger partial charge in [-0.25, -0.2) is 0 Å². The molecule has 0 spiro atoms. The van der Waals surface area contributed by atoms with Gasteiger partial charge in [-0.3, -0.25) is 9.48 Å². The summed E-state index contributed by atoms with van der Waals surface area (Å²) in [6.45, 7) is 3.94. The Morgan fingerprint density at radius 3 is 2.56 bits per heavy atom. The van der Waals surface area contributed by atoms with Crippen LogP contribution in [0.5, 0.6) is 5.75 Å². The second-order valence-electron chi connectivity index (χ2n) is 4.24. The van der Waals surface area contributed by atoms with Gasteiger partial charge in [-0.2, -0.15) is 5.10 Å². The van der Waals surface area contributed by atoms with Gasteiger partial charge in [0.15, 0.2) is 6.29 Å². The maximum absolute atomic E-state index is 11.2. The molecule has 0 bridgehead atoms. The van der Waals surface area contributed by atoms with Crippen molar-refractivity contribution >= 4 is 6.29 Å². The Kier molecular flexibility index (Phi) is 3.19. The zero-order valence-electron chi connectivity index (χ0n) is 11.0. The summed E-state index contributed by atoms with van der Waals surface area (Å²) in [5.41, 5.74) is 4.49. The first-order valence-corrected chi connectivity index (χ1v) is 5.72. The van der Waals surface area contributed by atoms with Crippen LogP contribution in [0.2, 0.25) is 0 Å². The number of hydrogen-bond donors (Lipinski definition) is 0. The van der Waals surface area contributed by atoms with Gasteiger partial charge in [0.05, 0.1) is 12.8 Å². The average Bonchev–Trinajstić information content (AvgIpc) is 2.62. The Bertz CT molecular complexity index is 600. The predicted molar refractivity (Wildman–Crippen MR) is 70.1 cm³/mol. The lowest BCUT2D eigenvalue weighted by atomic mass is 9.98. The average molecular weight is 244 g/mol. The summed E-state index contributed by atoms with van der Waals surface area (Å²) >= 11 is 0. The van der Waals surface area contributed by atoms with E-state index in [-0.39, 0.29) is 0 Å². The van der Waals surface area contributed by atoms with Crippen molar-refractivity contribution in [3.8, 4) is 16.9 Å². The van der Waals surface area contributed by atoms with Crippen LogP contribution >= 0.6 is 0 Å². The number of hydrogen-bond acceptors (Lipinski definition) is 3. The maximum atomic E-state index is 11.2. The zero-order chi connectivity index (χ0) is 13.3. The number of aldehydes is 1. The Morgan fingerprint density at radius 2 is 2.06 bits per heavy atom. The van der Waals surface area contributed by atoms with Crippen molar-refractivity contribution in [1.29, 1.82) is 0 Å². The minimum absolute atomic E-state index is 0.619. The van der Waals surface area contributed by atoms with E-state index in [1.807, 2.05) is 37.7 Å². The molecule has 94 valence electrons. The molecule has 1 aromatic heterocycles. The molecular weight excluding hydrogens is 228 g/mol. The quantitative estimate of drug-likeness (QED) is 0.779. The molecule has 0 aliphatic heterocycles. The Morgan fingerprint density at radius 1 is 1.33 bits per heavy atom. The van der Waals surface area contributed by atoms with E-state index in [9.17, 15) is 4.79 Å². The maximum Gasteiger partial charge on any atom is 0.150 e. The lowest BCUT2D eigenvalue weighted by Crippen LogP contribution is -1.94. The molecule has 1 heterocycles. The molecular formula is C14H16N2O2. The minimum Gasteiger partial charge on any atom is -0.497 e. The second kappa shape index (κ2) is 4.64. The lowest BCUT2D eigenvalue weighted by Gasteiger charge is -2.08. The van der Waals surface area contributed by atoms with Gasteiger partial charge in [-0.15, -0.1) is 0 Å². The number of rotatable bonds is 3. The molecule has 0 amide bonds. The largest absolute Gasteiger partial charge is 0.497 e. The van der Waals surface area contributed by atoms with E-state index in [2.05, 4.69) is 5.10 Å². The number of ether oxygens (including phenoxy) is 1. The fourth-order valence-corrected chi connectivity index (χ4v) is 2.16. The second-order valence-corrected chi connectivity index (χ2v) is 4.24. The van der Waals surface area contributed by atoms with Crippen LogP contribution in [0.1, 0.15) is 21.7 Å². The summed E-state index contributed by atoms with van der Waals surface area (Å²) in [4.78, 5) is 11.2. The molecule has 2 rings (SSSR count). The SMILES string of the molecule is COc1ccc(-c2c(C)nn(C)c2C)c(C=O)c1. The number of carbonyl (C=O) groups excluding carboxylic acids is 1. The number of methoxy groups -OCH3 is 1. The fourth-order valence-electron chi connectivity index (χ4n) is 2.16. The van der Waals surface area contributed by atoms with Crippen molar-refractivity contribution in [3.63, 3.8) is 0 Å². The summed E-state index contributed by atoms with van der Waals surface area (Å²) in [6.07, 6.45) is 0.851. The van der Waals surface area contributed by atoms with E-state index in [1.165, 1.54) is 0 Å². The van der Waals surface area contributed by atoms with Crippen molar-refractivity contribution in [2.45, 2.75) is 13.8 Å². The monoisotopic (exact) mass is 244 g/mol. The third-order valence-corrected chi connectivity index (χ3v) is 3.16. The highest BCUT2D eigenvalue weighted by Crippen LogP contribution is 2.31. The molecule has 0 aliphatic rings. The van der Waals surface area contributed by atoms with Crippen LogP contribution in [-0.4, -0.2) is 23.2 Å². The molecule has 4 nitrogen and oxygen atoms in total. The molecule has 0 N–H and O–H groups in total. The molecule has 0 atom stereocenters. The molecule has 0 fully saturated rings. The number of nitrogens with zero attached hydrogens (tertiary/aromatic N) is 2. The topological polar surface area (TPSA) is 44.1 Å². The van der Waals surface area contributed by atoms with Gasteiger partial charge in [-0.1, -0.05) is 0 Å². The van der Waals surface area contributed by atoms with E-state index in [4.69, 9.17) is 4.74 Å². The molecule has 0 saturated heterocycles. The van der Waals surface area contributed by atoms with Crippen molar-refractivity contribution in [3.05, 3.63) is 35.2 Å². The zero-order valence-corrected chi connectivity index (χ0v) is 11.0. The van der Waals surface area contributed by atoms with Gasteiger partial charge in [-0.05, 0) is 37.6 Å². The van der Waals surface area contributed by atoms with Gasteiger partial charge >= 0.3 is 0 Å². The first kappa shape index (κ1) is 12.4. The van der Waals surface area contributed by atoms with Gasteiger partial charge in [0.1, 0.15) is 5.75 Å². The fraction of sp³-hybridized carbons (Fsp3) is 0.286. The van der Waals surface area contributed by atoms with E-state index >= 15 is 0 Å². The Balaban J connectivity index is 2.67. The van der Waals surface area contributed by atoms with E-state index in [1.54, 1.807) is 13.2 Å². The van der Waals surface area contributed by atoms with Gasteiger partial charge in [0.25, 0.3) is 0 Å². The molecule has 18 heavy (non-hydrogen) atoms. The molecule has 0 radical (unpaired) electrons. The van der Waals surface area contributed by atoms with Crippen molar-refractivity contribution in [1.82, 2.24) is 9.78 Å². The van der Waals surface area contributed by atoms with E-state index in [0.717, 1.165) is 28.8 Å². The molecule has 2 aromatic rings. The highest BCUT2D eigenvalue weighted by atomic mass is 16.5. The number of carbonyl (C=O) groups is 1. The van der Waals surface area contributed by atoms with Crippen LogP contribution in [0.4, 0.5) is 0 Å². The number of benzene rings is 1. The number of aromatic nitrogens is 2. The Hall–Kier alpha value is -2.10. The summed E-state index contributed by atoms with van der Waals surface area (Å²) in [6, 6.07) is 5.50. The van der Waals surface area contributed by atoms with Gasteiger partial charge in [0, 0.05) is 23.9 Å². The summed E-state index contributed by atoms with van der Waals surface area (Å²) in [7, 11) is 3.49. The highest BCUT2D eigenvalue weighted by molar-refractivity contribution is 5.89. The van der Waals surface area contributed by atoms with Crippen LogP contribution in [0.15, 0.2) is 18.2 Å². The smallest absolute Gasteiger partial charge is 0.150 e. The standard InChI is InChI=1S/C14H16N2O2/c1-9-14(10(2)16(3)15-9)13-6-5-12(18-4)7-11(13)8-17/h5-8H,1-4H3. The first-order valence-electron chi connectivity index (χ1n) is 5.72. The Labute approximate surface area is 106 Å². The van der Waals surface area contributed by atoms with Crippen molar-refractivity contribution in [2.75, 3.05) is 7.11 Å². The minimum atomic E-state index is 0.619. The van der Waals surface area contributed by atoms with Crippen molar-refractivity contribution < 1.29 is 9.53 Å². The summed E-state index contributed by atoms with van der Waals surface area (Å²) < 4.78 is 6.96. The first-order chi connectivity index (χ1) is 8.58. The normalized spacial score (nSPS) is 10.4. The van der Waals surface area contributed by atoms with Crippen LogP contribution in [0.25, 0.3) is 11.1 Å².